The lowest BCUT2D eigenvalue weighted by Crippen LogP contribution is -2.44. The summed E-state index contributed by atoms with van der Waals surface area (Å²) in [6.45, 7) is 0.486. The summed E-state index contributed by atoms with van der Waals surface area (Å²) in [7, 11) is 0. The van der Waals surface area contributed by atoms with E-state index in [4.69, 9.17) is 4.74 Å². The average molecular weight is 464 g/mol. The number of aromatic nitrogens is 3. The van der Waals surface area contributed by atoms with Crippen LogP contribution in [0.5, 0.6) is 5.88 Å². The number of ether oxygens (including phenoxy) is 1. The summed E-state index contributed by atoms with van der Waals surface area (Å²) in [6, 6.07) is 6.92. The van der Waals surface area contributed by atoms with Crippen molar-refractivity contribution in [2.75, 3.05) is 13.1 Å². The van der Waals surface area contributed by atoms with Crippen molar-refractivity contribution in [3.05, 3.63) is 71.7 Å². The van der Waals surface area contributed by atoms with Gasteiger partial charge in [-0.15, -0.1) is 0 Å². The lowest BCUT2D eigenvalue weighted by Gasteiger charge is -2.33. The summed E-state index contributed by atoms with van der Waals surface area (Å²) in [5.74, 6) is -2.56. The first kappa shape index (κ1) is 22.6. The maximum Gasteiger partial charge on any atom is 0.417 e. The minimum atomic E-state index is -4.72. The molecule has 1 amide bonds. The van der Waals surface area contributed by atoms with E-state index in [0.717, 1.165) is 12.4 Å². The number of hydrogen-bond acceptors (Lipinski definition) is 5. The fraction of sp³-hybridized carbons (Fsp3) is 0.273. The van der Waals surface area contributed by atoms with Gasteiger partial charge in [0.15, 0.2) is 17.5 Å². The molecule has 33 heavy (non-hydrogen) atoms. The molecular weight excluding hydrogens is 447 g/mol. The standard InChI is InChI=1S/C22H17F5N4O2/c23-14-10-28-19(29-11-14)16-5-1-2-6-17(16)21(32)31-7-3-4-15(12-31)33-20-18(24)8-13(9-30-20)22(25,26)27/h1-2,5-6,8-11,15H,3-4,7,12H2. The van der Waals surface area contributed by atoms with Crippen LogP contribution in [-0.2, 0) is 6.18 Å². The molecular formula is C22H17F5N4O2. The number of rotatable bonds is 4. The number of carbonyl (C=O) groups is 1. The first-order valence-electron chi connectivity index (χ1n) is 9.98. The van der Waals surface area contributed by atoms with Crippen LogP contribution in [0.25, 0.3) is 11.4 Å². The van der Waals surface area contributed by atoms with Gasteiger partial charge in [0.2, 0.25) is 0 Å². The second kappa shape index (κ2) is 9.08. The number of pyridine rings is 1. The van der Waals surface area contributed by atoms with Crippen molar-refractivity contribution in [2.24, 2.45) is 0 Å². The maximum absolute atomic E-state index is 14.1. The van der Waals surface area contributed by atoms with Crippen molar-refractivity contribution in [3.8, 4) is 17.3 Å². The molecule has 0 bridgehead atoms. The minimum Gasteiger partial charge on any atom is -0.470 e. The van der Waals surface area contributed by atoms with Crippen molar-refractivity contribution in [2.45, 2.75) is 25.1 Å². The molecule has 4 rings (SSSR count). The van der Waals surface area contributed by atoms with E-state index < -0.39 is 35.4 Å². The molecule has 0 aliphatic carbocycles. The van der Waals surface area contributed by atoms with Gasteiger partial charge in [-0.05, 0) is 25.0 Å². The summed E-state index contributed by atoms with van der Waals surface area (Å²) in [5, 5.41) is 0. The van der Waals surface area contributed by atoms with Crippen LogP contribution in [0, 0.1) is 11.6 Å². The summed E-state index contributed by atoms with van der Waals surface area (Å²) in [4.78, 5) is 26.0. The molecule has 0 radical (unpaired) electrons. The Balaban J connectivity index is 1.51. The fourth-order valence-electron chi connectivity index (χ4n) is 3.53. The van der Waals surface area contributed by atoms with Crippen LogP contribution < -0.4 is 4.74 Å². The Bertz CT molecular complexity index is 1150. The molecule has 1 aliphatic heterocycles. The summed E-state index contributed by atoms with van der Waals surface area (Å²) >= 11 is 0. The molecule has 3 heterocycles. The molecule has 2 aromatic heterocycles. The van der Waals surface area contributed by atoms with Gasteiger partial charge < -0.3 is 9.64 Å². The monoisotopic (exact) mass is 464 g/mol. The van der Waals surface area contributed by atoms with Gasteiger partial charge in [0, 0.05) is 18.3 Å². The number of hydrogen-bond donors (Lipinski definition) is 0. The van der Waals surface area contributed by atoms with E-state index in [-0.39, 0.29) is 18.3 Å². The molecule has 1 saturated heterocycles. The molecule has 3 aromatic rings. The van der Waals surface area contributed by atoms with Gasteiger partial charge in [-0.3, -0.25) is 4.79 Å². The highest BCUT2D eigenvalue weighted by molar-refractivity contribution is 6.00. The second-order valence-electron chi connectivity index (χ2n) is 7.41. The fourth-order valence-corrected chi connectivity index (χ4v) is 3.53. The van der Waals surface area contributed by atoms with Gasteiger partial charge in [0.05, 0.1) is 30.1 Å². The van der Waals surface area contributed by atoms with Gasteiger partial charge >= 0.3 is 6.18 Å². The molecule has 1 fully saturated rings. The van der Waals surface area contributed by atoms with Gasteiger partial charge in [0.1, 0.15) is 6.10 Å². The lowest BCUT2D eigenvalue weighted by atomic mass is 10.0. The zero-order chi connectivity index (χ0) is 23.6. The highest BCUT2D eigenvalue weighted by Crippen LogP contribution is 2.31. The largest absolute Gasteiger partial charge is 0.470 e. The third-order valence-corrected chi connectivity index (χ3v) is 5.10. The number of halogens is 5. The average Bonchev–Trinajstić information content (AvgIpc) is 2.80. The van der Waals surface area contributed by atoms with Crippen molar-refractivity contribution in [1.29, 1.82) is 0 Å². The third-order valence-electron chi connectivity index (χ3n) is 5.10. The van der Waals surface area contributed by atoms with Crippen LogP contribution >= 0.6 is 0 Å². The first-order chi connectivity index (χ1) is 15.7. The Hall–Kier alpha value is -3.63. The number of carbonyl (C=O) groups excluding carboxylic acids is 1. The minimum absolute atomic E-state index is 0.0829. The number of nitrogens with zero attached hydrogens (tertiary/aromatic N) is 4. The normalized spacial score (nSPS) is 16.5. The van der Waals surface area contributed by atoms with Gasteiger partial charge in [0.25, 0.3) is 11.8 Å². The second-order valence-corrected chi connectivity index (χ2v) is 7.41. The highest BCUT2D eigenvalue weighted by atomic mass is 19.4. The van der Waals surface area contributed by atoms with Crippen LogP contribution in [0.2, 0.25) is 0 Å². The Morgan fingerprint density at radius 1 is 1.06 bits per heavy atom. The zero-order valence-corrected chi connectivity index (χ0v) is 17.0. The molecule has 11 heteroatoms. The first-order valence-corrected chi connectivity index (χ1v) is 9.98. The summed E-state index contributed by atoms with van der Waals surface area (Å²) in [5.41, 5.74) is -0.503. The molecule has 1 unspecified atom stereocenters. The molecule has 172 valence electrons. The molecule has 1 atom stereocenters. The number of likely N-dealkylation sites (tertiary alicyclic amines) is 1. The lowest BCUT2D eigenvalue weighted by molar-refractivity contribution is -0.138. The molecule has 1 aliphatic rings. The number of benzene rings is 1. The van der Waals surface area contributed by atoms with Crippen LogP contribution in [-0.4, -0.2) is 45.0 Å². The molecule has 6 nitrogen and oxygen atoms in total. The topological polar surface area (TPSA) is 68.2 Å². The Labute approximate surface area is 185 Å². The number of alkyl halides is 3. The van der Waals surface area contributed by atoms with E-state index >= 15 is 0 Å². The smallest absolute Gasteiger partial charge is 0.417 e. The van der Waals surface area contributed by atoms with Crippen LogP contribution in [0.4, 0.5) is 22.0 Å². The summed E-state index contributed by atoms with van der Waals surface area (Å²) in [6.07, 6.45) is -1.87. The molecule has 0 N–H and O–H groups in total. The van der Waals surface area contributed by atoms with Crippen LogP contribution in [0.15, 0.2) is 48.9 Å². The van der Waals surface area contributed by atoms with Crippen LogP contribution in [0.1, 0.15) is 28.8 Å². The molecule has 0 saturated carbocycles. The quantitative estimate of drug-likeness (QED) is 0.532. The molecule has 1 aromatic carbocycles. The van der Waals surface area contributed by atoms with E-state index in [1.807, 2.05) is 0 Å². The predicted molar refractivity (Wildman–Crippen MR) is 106 cm³/mol. The third kappa shape index (κ3) is 5.07. The van der Waals surface area contributed by atoms with E-state index in [1.165, 1.54) is 4.90 Å². The van der Waals surface area contributed by atoms with Crippen molar-refractivity contribution < 1.29 is 31.5 Å². The van der Waals surface area contributed by atoms with Gasteiger partial charge in [-0.2, -0.15) is 13.2 Å². The van der Waals surface area contributed by atoms with E-state index in [9.17, 15) is 26.7 Å². The highest BCUT2D eigenvalue weighted by Gasteiger charge is 2.33. The van der Waals surface area contributed by atoms with Crippen molar-refractivity contribution in [1.82, 2.24) is 19.9 Å². The Morgan fingerprint density at radius 3 is 2.48 bits per heavy atom. The number of piperidine rings is 1. The Kier molecular flexibility index (Phi) is 6.21. The SMILES string of the molecule is O=C(c1ccccc1-c1ncc(F)cn1)N1CCCC(Oc2ncc(C(F)(F)F)cc2F)C1. The van der Waals surface area contributed by atoms with E-state index in [0.29, 0.717) is 42.8 Å². The summed E-state index contributed by atoms with van der Waals surface area (Å²) < 4.78 is 70.9. The number of amides is 1. The maximum atomic E-state index is 14.1. The van der Waals surface area contributed by atoms with Crippen molar-refractivity contribution >= 4 is 5.91 Å². The van der Waals surface area contributed by atoms with Crippen LogP contribution in [0.3, 0.4) is 0 Å². The van der Waals surface area contributed by atoms with Crippen molar-refractivity contribution in [3.63, 3.8) is 0 Å². The molecule has 0 spiro atoms. The Morgan fingerprint density at radius 2 is 1.79 bits per heavy atom. The predicted octanol–water partition coefficient (Wildman–Crippen LogP) is 4.52. The van der Waals surface area contributed by atoms with E-state index in [1.54, 1.807) is 24.3 Å². The zero-order valence-electron chi connectivity index (χ0n) is 17.0. The van der Waals surface area contributed by atoms with E-state index in [2.05, 4.69) is 15.0 Å². The van der Waals surface area contributed by atoms with Gasteiger partial charge in [-0.25, -0.2) is 23.7 Å². The van der Waals surface area contributed by atoms with Gasteiger partial charge in [-0.1, -0.05) is 18.2 Å².